The van der Waals surface area contributed by atoms with Gasteiger partial charge in [-0.1, -0.05) is 18.2 Å². The van der Waals surface area contributed by atoms with Gasteiger partial charge in [0.15, 0.2) is 0 Å². The molecule has 8 nitrogen and oxygen atoms in total. The van der Waals surface area contributed by atoms with Gasteiger partial charge in [0.05, 0.1) is 24.7 Å². The maximum Gasteiger partial charge on any atom is 0.336 e. The lowest BCUT2D eigenvalue weighted by molar-refractivity contribution is -0.148. The highest BCUT2D eigenvalue weighted by Crippen LogP contribution is 2.36. The van der Waals surface area contributed by atoms with Crippen LogP contribution in [0.1, 0.15) is 33.1 Å². The predicted molar refractivity (Wildman–Crippen MR) is 107 cm³/mol. The van der Waals surface area contributed by atoms with Crippen LogP contribution in [0.25, 0.3) is 0 Å². The van der Waals surface area contributed by atoms with E-state index in [0.717, 1.165) is 11.1 Å². The van der Waals surface area contributed by atoms with E-state index in [0.29, 0.717) is 19.3 Å². The SMILES string of the molecule is C=C1C(=O)O[C@H]2/C=C(\CO)CC/C=C(\C)C[C@@H](OC(=O)/C(=C\COC(C)=O)CO)[C@H]12. The molecule has 0 radical (unpaired) electrons. The molecule has 1 aliphatic carbocycles. The van der Waals surface area contributed by atoms with Gasteiger partial charge in [-0.15, -0.1) is 0 Å². The van der Waals surface area contributed by atoms with Gasteiger partial charge in [0.25, 0.3) is 0 Å². The van der Waals surface area contributed by atoms with Gasteiger partial charge in [-0.05, 0) is 37.5 Å². The third-order valence-electron chi connectivity index (χ3n) is 5.05. The molecule has 0 spiro atoms. The number of aliphatic hydroxyl groups excluding tert-OH is 2. The van der Waals surface area contributed by atoms with Gasteiger partial charge >= 0.3 is 17.9 Å². The molecule has 8 heteroatoms. The fraction of sp³-hybridized carbons (Fsp3) is 0.500. The number of allylic oxidation sites excluding steroid dienone is 1. The number of esters is 3. The summed E-state index contributed by atoms with van der Waals surface area (Å²) in [5.41, 5.74) is 1.80. The smallest absolute Gasteiger partial charge is 0.336 e. The van der Waals surface area contributed by atoms with Gasteiger partial charge in [0.1, 0.15) is 18.8 Å². The minimum atomic E-state index is -0.781. The summed E-state index contributed by atoms with van der Waals surface area (Å²) in [7, 11) is 0. The molecule has 0 aromatic heterocycles. The number of hydrogen-bond donors (Lipinski definition) is 2. The zero-order chi connectivity index (χ0) is 22.3. The Morgan fingerprint density at radius 1 is 1.37 bits per heavy atom. The molecule has 1 saturated heterocycles. The van der Waals surface area contributed by atoms with Gasteiger partial charge in [-0.2, -0.15) is 0 Å². The molecule has 2 rings (SSSR count). The topological polar surface area (TPSA) is 119 Å². The lowest BCUT2D eigenvalue weighted by Crippen LogP contribution is -2.34. The summed E-state index contributed by atoms with van der Waals surface area (Å²) < 4.78 is 15.9. The minimum absolute atomic E-state index is 0.0611. The van der Waals surface area contributed by atoms with E-state index < -0.39 is 42.6 Å². The highest BCUT2D eigenvalue weighted by Gasteiger charge is 2.44. The Bertz CT molecular complexity index is 789. The van der Waals surface area contributed by atoms with Crippen LogP contribution in [0.5, 0.6) is 0 Å². The summed E-state index contributed by atoms with van der Waals surface area (Å²) in [6.45, 7) is 6.00. The summed E-state index contributed by atoms with van der Waals surface area (Å²) in [5, 5.41) is 19.1. The zero-order valence-corrected chi connectivity index (χ0v) is 17.3. The molecule has 0 bridgehead atoms. The van der Waals surface area contributed by atoms with E-state index in [9.17, 15) is 24.6 Å². The first-order valence-electron chi connectivity index (χ1n) is 9.76. The molecule has 0 unspecified atom stereocenters. The third-order valence-corrected chi connectivity index (χ3v) is 5.05. The van der Waals surface area contributed by atoms with Crippen molar-refractivity contribution in [2.45, 2.75) is 45.3 Å². The van der Waals surface area contributed by atoms with E-state index in [1.807, 2.05) is 13.0 Å². The van der Waals surface area contributed by atoms with Crippen molar-refractivity contribution in [2.24, 2.45) is 5.92 Å². The van der Waals surface area contributed by atoms with Crippen molar-refractivity contribution in [2.75, 3.05) is 19.8 Å². The molecule has 164 valence electrons. The quantitative estimate of drug-likeness (QED) is 0.287. The average Bonchev–Trinajstić information content (AvgIpc) is 2.96. The summed E-state index contributed by atoms with van der Waals surface area (Å²) >= 11 is 0. The molecule has 2 aliphatic rings. The van der Waals surface area contributed by atoms with Crippen molar-refractivity contribution in [3.63, 3.8) is 0 Å². The second-order valence-electron chi connectivity index (χ2n) is 7.33. The molecule has 3 atom stereocenters. The number of hydrogen-bond acceptors (Lipinski definition) is 8. The molecule has 0 aromatic rings. The standard InChI is InChI=1S/C22H28O8/c1-13-5-4-6-16(11-23)10-19-20(14(2)21(26)29-19)18(9-13)30-22(27)17(12-24)7-8-28-15(3)25/h5,7,10,18-20,23-24H,2,4,6,8-9,11-12H2,1,3H3/b13-5+,16-10-,17-7-/t18-,19+,20+/m1/s1. The fourth-order valence-corrected chi connectivity index (χ4v) is 3.46. The molecule has 1 fully saturated rings. The Labute approximate surface area is 175 Å². The predicted octanol–water partition coefficient (Wildman–Crippen LogP) is 1.53. The summed E-state index contributed by atoms with van der Waals surface area (Å²) in [5.74, 6) is -2.50. The first kappa shape index (κ1) is 23.6. The molecule has 0 amide bonds. The van der Waals surface area contributed by atoms with Gasteiger partial charge in [0.2, 0.25) is 0 Å². The van der Waals surface area contributed by atoms with Crippen molar-refractivity contribution in [1.29, 1.82) is 0 Å². The first-order chi connectivity index (χ1) is 14.3. The highest BCUT2D eigenvalue weighted by molar-refractivity contribution is 5.92. The van der Waals surface area contributed by atoms with Crippen LogP contribution in [0.3, 0.4) is 0 Å². The number of rotatable bonds is 6. The second kappa shape index (κ2) is 10.9. The molecule has 30 heavy (non-hydrogen) atoms. The van der Waals surface area contributed by atoms with Gasteiger partial charge in [0, 0.05) is 18.9 Å². The Kier molecular flexibility index (Phi) is 8.56. The van der Waals surface area contributed by atoms with E-state index >= 15 is 0 Å². The molecular formula is C22H28O8. The number of carbonyl (C=O) groups is 3. The van der Waals surface area contributed by atoms with Crippen LogP contribution in [0.4, 0.5) is 0 Å². The van der Waals surface area contributed by atoms with Crippen LogP contribution in [-0.2, 0) is 28.6 Å². The van der Waals surface area contributed by atoms with Crippen molar-refractivity contribution in [3.8, 4) is 0 Å². The van der Waals surface area contributed by atoms with E-state index in [4.69, 9.17) is 14.2 Å². The number of ether oxygens (including phenoxy) is 3. The molecule has 1 heterocycles. The monoisotopic (exact) mass is 420 g/mol. The van der Waals surface area contributed by atoms with Crippen LogP contribution < -0.4 is 0 Å². The normalized spacial score (nSPS) is 28.4. The van der Waals surface area contributed by atoms with Crippen LogP contribution >= 0.6 is 0 Å². The van der Waals surface area contributed by atoms with Gasteiger partial charge in [-0.25, -0.2) is 9.59 Å². The summed E-state index contributed by atoms with van der Waals surface area (Å²) in [6.07, 6.45) is 5.16. The van der Waals surface area contributed by atoms with Crippen molar-refractivity contribution in [1.82, 2.24) is 0 Å². The number of carbonyl (C=O) groups excluding carboxylic acids is 3. The Hall–Kier alpha value is -2.71. The second-order valence-corrected chi connectivity index (χ2v) is 7.33. The Morgan fingerprint density at radius 3 is 2.73 bits per heavy atom. The molecule has 0 saturated carbocycles. The zero-order valence-electron chi connectivity index (χ0n) is 17.3. The van der Waals surface area contributed by atoms with Crippen molar-refractivity contribution in [3.05, 3.63) is 47.1 Å². The first-order valence-corrected chi connectivity index (χ1v) is 9.76. The summed E-state index contributed by atoms with van der Waals surface area (Å²) in [4.78, 5) is 35.7. The number of aliphatic hydroxyl groups is 2. The van der Waals surface area contributed by atoms with Crippen molar-refractivity contribution < 1.29 is 38.8 Å². The Balaban J connectivity index is 2.31. The van der Waals surface area contributed by atoms with Crippen LogP contribution in [-0.4, -0.2) is 60.1 Å². The van der Waals surface area contributed by atoms with Crippen LogP contribution in [0.2, 0.25) is 0 Å². The maximum absolute atomic E-state index is 12.7. The Morgan fingerprint density at radius 2 is 2.10 bits per heavy atom. The van der Waals surface area contributed by atoms with E-state index in [1.165, 1.54) is 13.0 Å². The average molecular weight is 420 g/mol. The maximum atomic E-state index is 12.7. The fourth-order valence-electron chi connectivity index (χ4n) is 3.46. The van der Waals surface area contributed by atoms with Crippen LogP contribution in [0, 0.1) is 5.92 Å². The van der Waals surface area contributed by atoms with Crippen molar-refractivity contribution >= 4 is 17.9 Å². The molecule has 2 N–H and O–H groups in total. The third kappa shape index (κ3) is 6.14. The molecule has 0 aromatic carbocycles. The number of fused-ring (bicyclic) bond motifs is 1. The summed E-state index contributed by atoms with van der Waals surface area (Å²) in [6, 6.07) is 0. The van der Waals surface area contributed by atoms with E-state index in [-0.39, 0.29) is 24.4 Å². The largest absolute Gasteiger partial charge is 0.462 e. The molecule has 1 aliphatic heterocycles. The van der Waals surface area contributed by atoms with Gasteiger partial charge in [-0.3, -0.25) is 4.79 Å². The van der Waals surface area contributed by atoms with Gasteiger partial charge < -0.3 is 24.4 Å². The van der Waals surface area contributed by atoms with Crippen LogP contribution in [0.15, 0.2) is 47.1 Å². The minimum Gasteiger partial charge on any atom is -0.462 e. The lowest BCUT2D eigenvalue weighted by atomic mass is 9.85. The highest BCUT2D eigenvalue weighted by atomic mass is 16.6. The van der Waals surface area contributed by atoms with E-state index in [1.54, 1.807) is 6.08 Å². The molecular weight excluding hydrogens is 392 g/mol. The lowest BCUT2D eigenvalue weighted by Gasteiger charge is -2.27. The van der Waals surface area contributed by atoms with E-state index in [2.05, 4.69) is 6.58 Å².